The summed E-state index contributed by atoms with van der Waals surface area (Å²) in [6.07, 6.45) is -1.77. The molecule has 1 aliphatic rings. The van der Waals surface area contributed by atoms with Crippen LogP contribution in [0.3, 0.4) is 0 Å². The normalized spacial score (nSPS) is 15.7. The summed E-state index contributed by atoms with van der Waals surface area (Å²) in [7, 11) is 0. The standard InChI is InChI=1S/C12H11NO5/c14-7(5-10(15)16)6-13-11(17)8-3-1-2-4-9(8)12(13)18/h1-4,7,14H,5-6H2,(H,15,16). The lowest BCUT2D eigenvalue weighted by Gasteiger charge is -2.16. The van der Waals surface area contributed by atoms with E-state index in [1.165, 1.54) is 12.1 Å². The zero-order valence-corrected chi connectivity index (χ0v) is 9.37. The Morgan fingerprint density at radius 2 is 1.67 bits per heavy atom. The van der Waals surface area contributed by atoms with Crippen LogP contribution in [0.1, 0.15) is 27.1 Å². The van der Waals surface area contributed by atoms with Crippen molar-refractivity contribution in [2.75, 3.05) is 6.54 Å². The molecule has 1 atom stereocenters. The monoisotopic (exact) mass is 249 g/mol. The summed E-state index contributed by atoms with van der Waals surface area (Å²) in [5.74, 6) is -2.18. The van der Waals surface area contributed by atoms with Crippen LogP contribution in [0.2, 0.25) is 0 Å². The number of carboxylic acids is 1. The van der Waals surface area contributed by atoms with E-state index in [4.69, 9.17) is 5.11 Å². The zero-order valence-electron chi connectivity index (χ0n) is 9.37. The maximum absolute atomic E-state index is 11.9. The highest BCUT2D eigenvalue weighted by atomic mass is 16.4. The first kappa shape index (κ1) is 12.3. The third kappa shape index (κ3) is 2.10. The van der Waals surface area contributed by atoms with E-state index in [2.05, 4.69) is 0 Å². The van der Waals surface area contributed by atoms with E-state index in [1.807, 2.05) is 0 Å². The van der Waals surface area contributed by atoms with Gasteiger partial charge in [0.15, 0.2) is 0 Å². The van der Waals surface area contributed by atoms with Gasteiger partial charge in [0.2, 0.25) is 0 Å². The van der Waals surface area contributed by atoms with Gasteiger partial charge in [-0.15, -0.1) is 0 Å². The highest BCUT2D eigenvalue weighted by Crippen LogP contribution is 2.22. The van der Waals surface area contributed by atoms with Crippen LogP contribution in [-0.4, -0.2) is 45.5 Å². The topological polar surface area (TPSA) is 94.9 Å². The maximum Gasteiger partial charge on any atom is 0.306 e. The van der Waals surface area contributed by atoms with E-state index < -0.39 is 30.3 Å². The second-order valence-electron chi connectivity index (χ2n) is 4.02. The number of carbonyl (C=O) groups excluding carboxylic acids is 2. The molecule has 0 bridgehead atoms. The summed E-state index contributed by atoms with van der Waals surface area (Å²) in [4.78, 5) is 35.0. The van der Waals surface area contributed by atoms with Gasteiger partial charge in [-0.25, -0.2) is 0 Å². The number of amides is 2. The Bertz CT molecular complexity index is 490. The predicted molar refractivity (Wildman–Crippen MR) is 60.1 cm³/mol. The maximum atomic E-state index is 11.9. The van der Waals surface area contributed by atoms with Crippen LogP contribution in [0.5, 0.6) is 0 Å². The van der Waals surface area contributed by atoms with Crippen molar-refractivity contribution in [1.29, 1.82) is 0 Å². The van der Waals surface area contributed by atoms with Gasteiger partial charge in [0.1, 0.15) is 0 Å². The molecule has 0 saturated carbocycles. The molecule has 2 amide bonds. The Balaban J connectivity index is 2.16. The first-order chi connectivity index (χ1) is 8.50. The lowest BCUT2D eigenvalue weighted by molar-refractivity contribution is -0.139. The molecule has 0 aromatic heterocycles. The Morgan fingerprint density at radius 1 is 1.17 bits per heavy atom. The van der Waals surface area contributed by atoms with Crippen LogP contribution in [0, 0.1) is 0 Å². The molecule has 18 heavy (non-hydrogen) atoms. The van der Waals surface area contributed by atoms with E-state index in [1.54, 1.807) is 12.1 Å². The number of aliphatic hydroxyl groups is 1. The Kier molecular flexibility index (Phi) is 3.12. The van der Waals surface area contributed by atoms with Gasteiger partial charge in [-0.2, -0.15) is 0 Å². The van der Waals surface area contributed by atoms with Gasteiger partial charge in [-0.3, -0.25) is 19.3 Å². The van der Waals surface area contributed by atoms with Crippen molar-refractivity contribution in [3.63, 3.8) is 0 Å². The SMILES string of the molecule is O=C(O)CC(O)CN1C(=O)c2ccccc2C1=O. The largest absolute Gasteiger partial charge is 0.481 e. The number of benzene rings is 1. The molecule has 6 nitrogen and oxygen atoms in total. The third-order valence-electron chi connectivity index (χ3n) is 2.68. The molecule has 6 heteroatoms. The molecule has 2 rings (SSSR count). The van der Waals surface area contributed by atoms with Crippen molar-refractivity contribution in [3.8, 4) is 0 Å². The fourth-order valence-corrected chi connectivity index (χ4v) is 1.88. The molecule has 0 fully saturated rings. The van der Waals surface area contributed by atoms with Crippen LogP contribution in [0.15, 0.2) is 24.3 Å². The highest BCUT2D eigenvalue weighted by Gasteiger charge is 2.36. The fourth-order valence-electron chi connectivity index (χ4n) is 1.88. The molecule has 2 N–H and O–H groups in total. The predicted octanol–water partition coefficient (Wildman–Crippen LogP) is 0.118. The van der Waals surface area contributed by atoms with Crippen LogP contribution >= 0.6 is 0 Å². The Labute approximate surface area is 102 Å². The number of hydrogen-bond donors (Lipinski definition) is 2. The van der Waals surface area contributed by atoms with E-state index >= 15 is 0 Å². The van der Waals surface area contributed by atoms with Crippen molar-refractivity contribution in [3.05, 3.63) is 35.4 Å². The number of carbonyl (C=O) groups is 3. The van der Waals surface area contributed by atoms with E-state index in [0.717, 1.165) is 4.90 Å². The minimum Gasteiger partial charge on any atom is -0.481 e. The Morgan fingerprint density at radius 3 is 2.11 bits per heavy atom. The van der Waals surface area contributed by atoms with Gasteiger partial charge in [0.05, 0.1) is 30.2 Å². The minimum atomic E-state index is -1.26. The summed E-state index contributed by atoms with van der Waals surface area (Å²) in [5, 5.41) is 18.0. The first-order valence-corrected chi connectivity index (χ1v) is 5.36. The average Bonchev–Trinajstić information content (AvgIpc) is 2.54. The molecule has 1 aromatic rings. The van der Waals surface area contributed by atoms with Crippen molar-refractivity contribution in [2.24, 2.45) is 0 Å². The van der Waals surface area contributed by atoms with Crippen molar-refractivity contribution in [2.45, 2.75) is 12.5 Å². The van der Waals surface area contributed by atoms with Gasteiger partial charge < -0.3 is 10.2 Å². The average molecular weight is 249 g/mol. The molecule has 0 aliphatic carbocycles. The number of β-amino-alcohol motifs (C(OH)–C–C–N with tert-alkyl or cyclic N) is 1. The number of imide groups is 1. The molecule has 0 radical (unpaired) electrons. The van der Waals surface area contributed by atoms with Crippen LogP contribution < -0.4 is 0 Å². The molecule has 94 valence electrons. The number of rotatable bonds is 4. The zero-order chi connectivity index (χ0) is 13.3. The molecule has 1 heterocycles. The lowest BCUT2D eigenvalue weighted by Crippen LogP contribution is -2.37. The minimum absolute atomic E-state index is 0.282. The van der Waals surface area contributed by atoms with Crippen molar-refractivity contribution >= 4 is 17.8 Å². The fraction of sp³-hybridized carbons (Fsp3) is 0.250. The molecule has 1 aliphatic heterocycles. The van der Waals surface area contributed by atoms with Gasteiger partial charge in [0.25, 0.3) is 11.8 Å². The quantitative estimate of drug-likeness (QED) is 0.739. The number of hydrogen-bond acceptors (Lipinski definition) is 4. The number of carboxylic acid groups (broad SMARTS) is 1. The van der Waals surface area contributed by atoms with Gasteiger partial charge in [-0.05, 0) is 12.1 Å². The van der Waals surface area contributed by atoms with E-state index in [9.17, 15) is 19.5 Å². The summed E-state index contributed by atoms with van der Waals surface area (Å²) >= 11 is 0. The molecular formula is C12H11NO5. The van der Waals surface area contributed by atoms with Crippen molar-refractivity contribution in [1.82, 2.24) is 4.90 Å². The number of nitrogens with zero attached hydrogens (tertiary/aromatic N) is 1. The van der Waals surface area contributed by atoms with E-state index in [-0.39, 0.29) is 17.7 Å². The molecule has 1 unspecified atom stereocenters. The summed E-state index contributed by atoms with van der Waals surface area (Å²) in [6, 6.07) is 6.33. The molecule has 1 aromatic carbocycles. The number of fused-ring (bicyclic) bond motifs is 1. The molecule has 0 spiro atoms. The van der Waals surface area contributed by atoms with E-state index in [0.29, 0.717) is 0 Å². The molecular weight excluding hydrogens is 238 g/mol. The summed E-state index contributed by atoms with van der Waals surface area (Å²) in [5.41, 5.74) is 0.565. The number of aliphatic hydroxyl groups excluding tert-OH is 1. The van der Waals surface area contributed by atoms with Gasteiger partial charge in [-0.1, -0.05) is 12.1 Å². The van der Waals surface area contributed by atoms with Gasteiger partial charge >= 0.3 is 5.97 Å². The summed E-state index contributed by atoms with van der Waals surface area (Å²) < 4.78 is 0. The van der Waals surface area contributed by atoms with Gasteiger partial charge in [0, 0.05) is 0 Å². The molecule has 0 saturated heterocycles. The Hall–Kier alpha value is -2.21. The highest BCUT2D eigenvalue weighted by molar-refractivity contribution is 6.21. The first-order valence-electron chi connectivity index (χ1n) is 5.36. The number of aliphatic carboxylic acids is 1. The van der Waals surface area contributed by atoms with Crippen LogP contribution in [0.4, 0.5) is 0 Å². The van der Waals surface area contributed by atoms with Crippen LogP contribution in [-0.2, 0) is 4.79 Å². The third-order valence-corrected chi connectivity index (χ3v) is 2.68. The smallest absolute Gasteiger partial charge is 0.306 e. The second kappa shape index (κ2) is 4.58. The second-order valence-corrected chi connectivity index (χ2v) is 4.02. The van der Waals surface area contributed by atoms with Crippen LogP contribution in [0.25, 0.3) is 0 Å². The summed E-state index contributed by atoms with van der Waals surface area (Å²) in [6.45, 7) is -0.307. The van der Waals surface area contributed by atoms with Crippen molar-refractivity contribution < 1.29 is 24.6 Å². The lowest BCUT2D eigenvalue weighted by atomic mass is 10.1.